The second-order valence-corrected chi connectivity index (χ2v) is 5.09. The number of amides is 1. The van der Waals surface area contributed by atoms with Crippen molar-refractivity contribution in [3.63, 3.8) is 0 Å². The lowest BCUT2D eigenvalue weighted by Crippen LogP contribution is -2.37. The average molecular weight is 278 g/mol. The van der Waals surface area contributed by atoms with Gasteiger partial charge in [-0.1, -0.05) is 0 Å². The molecule has 1 fully saturated rings. The summed E-state index contributed by atoms with van der Waals surface area (Å²) in [4.78, 5) is 21.8. The molecule has 0 spiro atoms. The summed E-state index contributed by atoms with van der Waals surface area (Å²) in [5, 5.41) is 0. The van der Waals surface area contributed by atoms with Crippen molar-refractivity contribution in [2.24, 2.45) is 11.7 Å². The first-order valence-electron chi connectivity index (χ1n) is 7.18. The van der Waals surface area contributed by atoms with Crippen LogP contribution < -0.4 is 15.4 Å². The molecule has 1 amide bonds. The van der Waals surface area contributed by atoms with E-state index < -0.39 is 0 Å². The first-order valence-corrected chi connectivity index (χ1v) is 7.18. The van der Waals surface area contributed by atoms with Crippen LogP contribution in [0.3, 0.4) is 0 Å². The number of rotatable bonds is 6. The Morgan fingerprint density at radius 1 is 1.60 bits per heavy atom. The molecule has 1 aromatic rings. The minimum absolute atomic E-state index is 0.225. The van der Waals surface area contributed by atoms with E-state index in [0.717, 1.165) is 32.4 Å². The molecular weight excluding hydrogens is 256 g/mol. The van der Waals surface area contributed by atoms with Crippen LogP contribution >= 0.6 is 0 Å². The molecule has 1 unspecified atom stereocenters. The molecule has 1 aliphatic rings. The summed E-state index contributed by atoms with van der Waals surface area (Å²) >= 11 is 0. The maximum Gasteiger partial charge on any atom is 0.228 e. The summed E-state index contributed by atoms with van der Waals surface area (Å²) in [6.45, 7) is 4.35. The highest BCUT2D eigenvalue weighted by atomic mass is 16.5. The van der Waals surface area contributed by atoms with E-state index in [4.69, 9.17) is 10.5 Å². The molecule has 6 heteroatoms. The van der Waals surface area contributed by atoms with Gasteiger partial charge in [0, 0.05) is 31.8 Å². The Labute approximate surface area is 119 Å². The minimum atomic E-state index is -0.225. The molecule has 1 atom stereocenters. The number of anilines is 1. The predicted octanol–water partition coefficient (Wildman–Crippen LogP) is 1.36. The van der Waals surface area contributed by atoms with Gasteiger partial charge in [0.25, 0.3) is 0 Å². The maximum atomic E-state index is 10.9. The largest absolute Gasteiger partial charge is 0.478 e. The maximum absolute atomic E-state index is 10.9. The molecule has 110 valence electrons. The summed E-state index contributed by atoms with van der Waals surface area (Å²) in [5.41, 5.74) is 5.21. The second-order valence-electron chi connectivity index (χ2n) is 5.09. The number of nitrogens with zero attached hydrogens (tertiary/aromatic N) is 3. The van der Waals surface area contributed by atoms with E-state index in [0.29, 0.717) is 30.8 Å². The Morgan fingerprint density at radius 2 is 2.45 bits per heavy atom. The van der Waals surface area contributed by atoms with Crippen LogP contribution in [0.4, 0.5) is 5.95 Å². The van der Waals surface area contributed by atoms with E-state index >= 15 is 0 Å². The fraction of sp³-hybridized carbons (Fsp3) is 0.643. The highest BCUT2D eigenvalue weighted by Gasteiger charge is 2.22. The molecule has 1 aliphatic heterocycles. The first kappa shape index (κ1) is 14.6. The van der Waals surface area contributed by atoms with Crippen molar-refractivity contribution >= 4 is 11.9 Å². The highest BCUT2D eigenvalue weighted by Crippen LogP contribution is 2.24. The molecule has 1 saturated heterocycles. The van der Waals surface area contributed by atoms with Crippen LogP contribution in [0.25, 0.3) is 0 Å². The van der Waals surface area contributed by atoms with E-state index in [1.54, 1.807) is 12.3 Å². The lowest BCUT2D eigenvalue weighted by atomic mass is 9.93. The smallest absolute Gasteiger partial charge is 0.228 e. The van der Waals surface area contributed by atoms with Gasteiger partial charge in [0.1, 0.15) is 0 Å². The second kappa shape index (κ2) is 7.07. The van der Waals surface area contributed by atoms with E-state index in [2.05, 4.69) is 14.9 Å². The number of carbonyl (C=O) groups excluding carboxylic acids is 1. The summed E-state index contributed by atoms with van der Waals surface area (Å²) in [6.07, 6.45) is 5.25. The average Bonchev–Trinajstić information content (AvgIpc) is 2.46. The van der Waals surface area contributed by atoms with E-state index in [9.17, 15) is 4.79 Å². The lowest BCUT2D eigenvalue weighted by molar-refractivity contribution is -0.118. The first-order chi connectivity index (χ1) is 9.69. The van der Waals surface area contributed by atoms with Gasteiger partial charge in [0.15, 0.2) is 0 Å². The van der Waals surface area contributed by atoms with Crippen molar-refractivity contribution in [2.45, 2.75) is 32.6 Å². The van der Waals surface area contributed by atoms with E-state index in [1.807, 2.05) is 6.92 Å². The zero-order chi connectivity index (χ0) is 14.4. The van der Waals surface area contributed by atoms with Crippen molar-refractivity contribution in [3.8, 4) is 5.88 Å². The number of hydrogen-bond donors (Lipinski definition) is 1. The monoisotopic (exact) mass is 278 g/mol. The topological polar surface area (TPSA) is 81.3 Å². The highest BCUT2D eigenvalue weighted by molar-refractivity contribution is 5.73. The third-order valence-electron chi connectivity index (χ3n) is 3.51. The zero-order valence-corrected chi connectivity index (χ0v) is 11.9. The molecule has 2 heterocycles. The van der Waals surface area contributed by atoms with Crippen molar-refractivity contribution in [1.29, 1.82) is 0 Å². The fourth-order valence-electron chi connectivity index (χ4n) is 2.54. The van der Waals surface area contributed by atoms with Gasteiger partial charge < -0.3 is 15.4 Å². The van der Waals surface area contributed by atoms with Crippen molar-refractivity contribution in [1.82, 2.24) is 9.97 Å². The zero-order valence-electron chi connectivity index (χ0n) is 11.9. The lowest BCUT2D eigenvalue weighted by Gasteiger charge is -2.32. The van der Waals surface area contributed by atoms with Crippen LogP contribution in [0.15, 0.2) is 12.3 Å². The number of piperidine rings is 1. The molecule has 0 aromatic carbocycles. The normalized spacial score (nSPS) is 18.9. The van der Waals surface area contributed by atoms with Crippen LogP contribution in [0, 0.1) is 5.92 Å². The molecule has 2 N–H and O–H groups in total. The molecule has 20 heavy (non-hydrogen) atoms. The Morgan fingerprint density at radius 3 is 3.20 bits per heavy atom. The van der Waals surface area contributed by atoms with Gasteiger partial charge in [-0.05, 0) is 32.1 Å². The van der Waals surface area contributed by atoms with Crippen LogP contribution in [-0.2, 0) is 4.79 Å². The van der Waals surface area contributed by atoms with Gasteiger partial charge >= 0.3 is 0 Å². The SMILES string of the molecule is CCOc1ccnc(N2CCCC(CCC(N)=O)C2)n1. The van der Waals surface area contributed by atoms with Gasteiger partial charge in [0.05, 0.1) is 6.61 Å². The molecule has 6 nitrogen and oxygen atoms in total. The standard InChI is InChI=1S/C14H22N4O2/c1-2-20-13-7-8-16-14(17-13)18-9-3-4-11(10-18)5-6-12(15)19/h7-8,11H,2-6,9-10H2,1H3,(H2,15,19). The third-order valence-corrected chi connectivity index (χ3v) is 3.51. The van der Waals surface area contributed by atoms with Crippen LogP contribution in [-0.4, -0.2) is 35.6 Å². The molecule has 1 aromatic heterocycles. The van der Waals surface area contributed by atoms with Gasteiger partial charge in [-0.15, -0.1) is 0 Å². The number of aromatic nitrogens is 2. The van der Waals surface area contributed by atoms with Crippen molar-refractivity contribution in [3.05, 3.63) is 12.3 Å². The third kappa shape index (κ3) is 4.08. The summed E-state index contributed by atoms with van der Waals surface area (Å²) in [5.74, 6) is 1.57. The van der Waals surface area contributed by atoms with Gasteiger partial charge in [-0.3, -0.25) is 4.79 Å². The van der Waals surface area contributed by atoms with Crippen molar-refractivity contribution < 1.29 is 9.53 Å². The summed E-state index contributed by atoms with van der Waals surface area (Å²) in [7, 11) is 0. The minimum Gasteiger partial charge on any atom is -0.478 e. The van der Waals surface area contributed by atoms with Crippen LogP contribution in [0.2, 0.25) is 0 Å². The molecule has 0 radical (unpaired) electrons. The quantitative estimate of drug-likeness (QED) is 0.849. The Hall–Kier alpha value is -1.85. The van der Waals surface area contributed by atoms with E-state index in [-0.39, 0.29) is 5.91 Å². The Balaban J connectivity index is 1.97. The number of primary amides is 1. The number of carbonyl (C=O) groups is 1. The van der Waals surface area contributed by atoms with Gasteiger partial charge in [-0.2, -0.15) is 4.98 Å². The van der Waals surface area contributed by atoms with Crippen molar-refractivity contribution in [2.75, 3.05) is 24.6 Å². The number of ether oxygens (including phenoxy) is 1. The van der Waals surface area contributed by atoms with Crippen LogP contribution in [0.1, 0.15) is 32.6 Å². The van der Waals surface area contributed by atoms with Crippen LogP contribution in [0.5, 0.6) is 5.88 Å². The van der Waals surface area contributed by atoms with Gasteiger partial charge in [-0.25, -0.2) is 4.98 Å². The molecule has 0 saturated carbocycles. The Kier molecular flexibility index (Phi) is 5.15. The molecule has 0 aliphatic carbocycles. The van der Waals surface area contributed by atoms with E-state index in [1.165, 1.54) is 0 Å². The molecule has 2 rings (SSSR count). The Bertz CT molecular complexity index is 453. The molecular formula is C14H22N4O2. The fourth-order valence-corrected chi connectivity index (χ4v) is 2.54. The summed E-state index contributed by atoms with van der Waals surface area (Å²) in [6, 6.07) is 1.77. The number of nitrogens with two attached hydrogens (primary N) is 1. The predicted molar refractivity (Wildman–Crippen MR) is 76.6 cm³/mol. The van der Waals surface area contributed by atoms with Gasteiger partial charge in [0.2, 0.25) is 17.7 Å². The summed E-state index contributed by atoms with van der Waals surface area (Å²) < 4.78 is 5.40. The molecule has 0 bridgehead atoms. The number of hydrogen-bond acceptors (Lipinski definition) is 5.